The average Bonchev–Trinajstić information content (AvgIpc) is 2.46. The van der Waals surface area contributed by atoms with Crippen molar-refractivity contribution in [1.82, 2.24) is 0 Å². The molecule has 0 unspecified atom stereocenters. The summed E-state index contributed by atoms with van der Waals surface area (Å²) in [5, 5.41) is 10.1. The zero-order valence-electron chi connectivity index (χ0n) is 11.3. The van der Waals surface area contributed by atoms with Gasteiger partial charge in [-0.1, -0.05) is 57.9 Å². The SMILES string of the molecule is Cc1ccc(C(=O)CC[C@H](O)c2ccc(Br)cc2)cc1. The minimum Gasteiger partial charge on any atom is -0.388 e. The highest BCUT2D eigenvalue weighted by atomic mass is 79.9. The topological polar surface area (TPSA) is 37.3 Å². The lowest BCUT2D eigenvalue weighted by molar-refractivity contribution is 0.0940. The first-order chi connectivity index (χ1) is 9.56. The molecule has 20 heavy (non-hydrogen) atoms. The predicted molar refractivity (Wildman–Crippen MR) is 83.8 cm³/mol. The number of carbonyl (C=O) groups is 1. The lowest BCUT2D eigenvalue weighted by Crippen LogP contribution is -2.04. The van der Waals surface area contributed by atoms with Gasteiger partial charge in [-0.15, -0.1) is 0 Å². The fraction of sp³-hybridized carbons (Fsp3) is 0.235. The summed E-state index contributed by atoms with van der Waals surface area (Å²) >= 11 is 3.36. The van der Waals surface area contributed by atoms with Crippen molar-refractivity contribution in [1.29, 1.82) is 0 Å². The highest BCUT2D eigenvalue weighted by Gasteiger charge is 2.11. The number of benzene rings is 2. The second kappa shape index (κ2) is 6.82. The molecule has 0 fully saturated rings. The third-order valence-corrected chi connectivity index (χ3v) is 3.80. The molecule has 2 rings (SSSR count). The third kappa shape index (κ3) is 4.02. The highest BCUT2D eigenvalue weighted by molar-refractivity contribution is 9.10. The number of ketones is 1. The Hall–Kier alpha value is -1.45. The van der Waals surface area contributed by atoms with Crippen molar-refractivity contribution in [2.75, 3.05) is 0 Å². The van der Waals surface area contributed by atoms with Crippen LogP contribution in [0.4, 0.5) is 0 Å². The van der Waals surface area contributed by atoms with Crippen LogP contribution in [0, 0.1) is 6.92 Å². The van der Waals surface area contributed by atoms with Crippen molar-refractivity contribution in [3.05, 3.63) is 69.7 Å². The van der Waals surface area contributed by atoms with Gasteiger partial charge in [-0.05, 0) is 31.0 Å². The summed E-state index contributed by atoms with van der Waals surface area (Å²) in [4.78, 5) is 12.0. The number of aryl methyl sites for hydroxylation is 1. The number of carbonyl (C=O) groups excluding carboxylic acids is 1. The molecule has 2 aromatic rings. The van der Waals surface area contributed by atoms with Gasteiger partial charge in [-0.25, -0.2) is 0 Å². The normalized spacial score (nSPS) is 12.2. The van der Waals surface area contributed by atoms with Gasteiger partial charge in [0.2, 0.25) is 0 Å². The summed E-state index contributed by atoms with van der Waals surface area (Å²) in [5.74, 6) is 0.0705. The number of aliphatic hydroxyl groups excluding tert-OH is 1. The maximum Gasteiger partial charge on any atom is 0.162 e. The van der Waals surface area contributed by atoms with E-state index in [9.17, 15) is 9.90 Å². The molecule has 0 spiro atoms. The first-order valence-corrected chi connectivity index (χ1v) is 7.39. The second-order valence-corrected chi connectivity index (χ2v) is 5.81. The minimum atomic E-state index is -0.600. The van der Waals surface area contributed by atoms with E-state index in [0.717, 1.165) is 15.6 Å². The van der Waals surface area contributed by atoms with Crippen molar-refractivity contribution in [2.45, 2.75) is 25.9 Å². The van der Waals surface area contributed by atoms with Crippen LogP contribution in [0.5, 0.6) is 0 Å². The molecule has 1 atom stereocenters. The molecule has 0 aliphatic carbocycles. The van der Waals surface area contributed by atoms with E-state index < -0.39 is 6.10 Å². The number of hydrogen-bond donors (Lipinski definition) is 1. The Balaban J connectivity index is 1.92. The van der Waals surface area contributed by atoms with Crippen LogP contribution in [0.25, 0.3) is 0 Å². The molecular formula is C17H17BrO2. The van der Waals surface area contributed by atoms with Gasteiger partial charge in [0.1, 0.15) is 0 Å². The van der Waals surface area contributed by atoms with E-state index in [1.54, 1.807) is 0 Å². The Morgan fingerprint density at radius 2 is 1.70 bits per heavy atom. The van der Waals surface area contributed by atoms with Crippen LogP contribution in [0.1, 0.15) is 40.4 Å². The summed E-state index contributed by atoms with van der Waals surface area (Å²) in [6.07, 6.45) is 0.187. The van der Waals surface area contributed by atoms with Crippen molar-refractivity contribution < 1.29 is 9.90 Å². The second-order valence-electron chi connectivity index (χ2n) is 4.90. The molecule has 2 aromatic carbocycles. The van der Waals surface area contributed by atoms with Crippen LogP contribution in [0.2, 0.25) is 0 Å². The van der Waals surface area contributed by atoms with E-state index >= 15 is 0 Å². The minimum absolute atomic E-state index is 0.0705. The molecule has 104 valence electrons. The van der Waals surface area contributed by atoms with Gasteiger partial charge < -0.3 is 5.11 Å². The highest BCUT2D eigenvalue weighted by Crippen LogP contribution is 2.21. The monoisotopic (exact) mass is 332 g/mol. The Bertz CT molecular complexity index is 573. The van der Waals surface area contributed by atoms with Gasteiger partial charge >= 0.3 is 0 Å². The zero-order chi connectivity index (χ0) is 14.5. The molecule has 3 heteroatoms. The number of aliphatic hydroxyl groups is 1. The Morgan fingerprint density at radius 3 is 2.30 bits per heavy atom. The Labute approximate surface area is 127 Å². The molecule has 0 saturated carbocycles. The summed E-state index contributed by atoms with van der Waals surface area (Å²) in [5.41, 5.74) is 2.68. The van der Waals surface area contributed by atoms with Gasteiger partial charge in [0.15, 0.2) is 5.78 Å². The predicted octanol–water partition coefficient (Wildman–Crippen LogP) is 4.45. The fourth-order valence-corrected chi connectivity index (χ4v) is 2.27. The van der Waals surface area contributed by atoms with Crippen molar-refractivity contribution >= 4 is 21.7 Å². The smallest absolute Gasteiger partial charge is 0.162 e. The molecule has 0 bridgehead atoms. The first-order valence-electron chi connectivity index (χ1n) is 6.59. The van der Waals surface area contributed by atoms with E-state index in [4.69, 9.17) is 0 Å². The van der Waals surface area contributed by atoms with Crippen LogP contribution in [-0.2, 0) is 0 Å². The molecule has 2 nitrogen and oxygen atoms in total. The summed E-state index contributed by atoms with van der Waals surface area (Å²) in [7, 11) is 0. The van der Waals surface area contributed by atoms with Gasteiger partial charge in [-0.2, -0.15) is 0 Å². The number of halogens is 1. The number of Topliss-reactive ketones (excluding diaryl/α,β-unsaturated/α-hetero) is 1. The summed E-state index contributed by atoms with van der Waals surface area (Å²) in [6.45, 7) is 1.99. The first kappa shape index (κ1) is 14.9. The molecule has 0 amide bonds. The lowest BCUT2D eigenvalue weighted by atomic mass is 10.00. The molecule has 0 heterocycles. The number of hydrogen-bond acceptors (Lipinski definition) is 2. The third-order valence-electron chi connectivity index (χ3n) is 3.27. The number of rotatable bonds is 5. The molecular weight excluding hydrogens is 316 g/mol. The molecule has 0 aliphatic rings. The van der Waals surface area contributed by atoms with Gasteiger partial charge in [-0.3, -0.25) is 4.79 Å². The summed E-state index contributed by atoms with van der Waals surface area (Å²) in [6, 6.07) is 15.0. The molecule has 0 aromatic heterocycles. The van der Waals surface area contributed by atoms with Crippen LogP contribution >= 0.6 is 15.9 Å². The standard InChI is InChI=1S/C17H17BrO2/c1-12-2-4-13(5-3-12)16(19)10-11-17(20)14-6-8-15(18)9-7-14/h2-9,17,20H,10-11H2,1H3/t17-/m0/s1. The van der Waals surface area contributed by atoms with Crippen LogP contribution in [0.3, 0.4) is 0 Å². The average molecular weight is 333 g/mol. The fourth-order valence-electron chi connectivity index (χ4n) is 2.00. The largest absolute Gasteiger partial charge is 0.388 e. The van der Waals surface area contributed by atoms with Crippen LogP contribution in [-0.4, -0.2) is 10.9 Å². The van der Waals surface area contributed by atoms with Gasteiger partial charge in [0, 0.05) is 16.5 Å². The zero-order valence-corrected chi connectivity index (χ0v) is 12.9. The Kier molecular flexibility index (Phi) is 5.10. The van der Waals surface area contributed by atoms with E-state index in [1.807, 2.05) is 55.5 Å². The molecule has 0 radical (unpaired) electrons. The maximum atomic E-state index is 12.0. The van der Waals surface area contributed by atoms with E-state index in [1.165, 1.54) is 0 Å². The van der Waals surface area contributed by atoms with Gasteiger partial charge in [0.25, 0.3) is 0 Å². The van der Waals surface area contributed by atoms with Crippen LogP contribution in [0.15, 0.2) is 53.0 Å². The van der Waals surface area contributed by atoms with Crippen molar-refractivity contribution in [3.63, 3.8) is 0 Å². The quantitative estimate of drug-likeness (QED) is 0.821. The molecule has 1 N–H and O–H groups in total. The van der Waals surface area contributed by atoms with E-state index in [-0.39, 0.29) is 5.78 Å². The lowest BCUT2D eigenvalue weighted by Gasteiger charge is -2.10. The van der Waals surface area contributed by atoms with Crippen molar-refractivity contribution in [3.8, 4) is 0 Å². The molecule has 0 saturated heterocycles. The van der Waals surface area contributed by atoms with E-state index in [2.05, 4.69) is 15.9 Å². The molecule has 0 aliphatic heterocycles. The Morgan fingerprint density at radius 1 is 1.10 bits per heavy atom. The van der Waals surface area contributed by atoms with Crippen molar-refractivity contribution in [2.24, 2.45) is 0 Å². The van der Waals surface area contributed by atoms with Gasteiger partial charge in [0.05, 0.1) is 6.10 Å². The maximum absolute atomic E-state index is 12.0. The van der Waals surface area contributed by atoms with E-state index in [0.29, 0.717) is 18.4 Å². The van der Waals surface area contributed by atoms with Crippen LogP contribution < -0.4 is 0 Å². The summed E-state index contributed by atoms with van der Waals surface area (Å²) < 4.78 is 0.976.